The number of hydrogen-bond donors (Lipinski definition) is 1. The van der Waals surface area contributed by atoms with Crippen LogP contribution in [0.4, 0.5) is 0 Å². The summed E-state index contributed by atoms with van der Waals surface area (Å²) in [7, 11) is 1.50. The van der Waals surface area contributed by atoms with E-state index in [9.17, 15) is 8.42 Å². The third-order valence-electron chi connectivity index (χ3n) is 2.35. The predicted octanol–water partition coefficient (Wildman–Crippen LogP) is 3.18. The van der Waals surface area contributed by atoms with Crippen LogP contribution in [0, 0.1) is 0 Å². The molecule has 0 unspecified atom stereocenters. The molecule has 3 aromatic rings. The van der Waals surface area contributed by atoms with E-state index >= 15 is 0 Å². The van der Waals surface area contributed by atoms with Gasteiger partial charge in [-0.1, -0.05) is 30.3 Å². The quantitative estimate of drug-likeness (QED) is 0.701. The van der Waals surface area contributed by atoms with E-state index in [2.05, 4.69) is 9.97 Å². The van der Waals surface area contributed by atoms with Crippen LogP contribution in [0.5, 0.6) is 0 Å². The normalized spacial score (nSPS) is 10.8. The Labute approximate surface area is 115 Å². The molecule has 0 fully saturated rings. The highest BCUT2D eigenvalue weighted by Crippen LogP contribution is 2.12. The maximum atomic E-state index is 10.6. The number of fused-ring (bicyclic) bond motifs is 1. The monoisotopic (exact) mass is 294 g/mol. The van der Waals surface area contributed by atoms with Crippen LogP contribution in [0.2, 0.25) is 0 Å². The van der Waals surface area contributed by atoms with E-state index in [0.717, 1.165) is 11.0 Å². The SMILES string of the molecule is O=S(=O)(Cl)c1ccccc1.c1ccc2[nH]cnc2c1. The summed E-state index contributed by atoms with van der Waals surface area (Å²) in [5, 5.41) is 0. The van der Waals surface area contributed by atoms with E-state index in [4.69, 9.17) is 10.7 Å². The molecule has 0 saturated carbocycles. The van der Waals surface area contributed by atoms with Crippen LogP contribution >= 0.6 is 10.7 Å². The number of hydrogen-bond acceptors (Lipinski definition) is 3. The van der Waals surface area contributed by atoms with Crippen LogP contribution in [-0.2, 0) is 9.05 Å². The first-order valence-electron chi connectivity index (χ1n) is 5.45. The van der Waals surface area contributed by atoms with Crippen LogP contribution in [0.1, 0.15) is 0 Å². The van der Waals surface area contributed by atoms with E-state index in [-0.39, 0.29) is 4.90 Å². The van der Waals surface area contributed by atoms with Crippen molar-refractivity contribution in [3.05, 3.63) is 60.9 Å². The lowest BCUT2D eigenvalue weighted by molar-refractivity contribution is 0.609. The number of nitrogens with zero attached hydrogens (tertiary/aromatic N) is 1. The Morgan fingerprint density at radius 3 is 2.16 bits per heavy atom. The number of aromatic nitrogens is 2. The fourth-order valence-electron chi connectivity index (χ4n) is 1.46. The average molecular weight is 295 g/mol. The minimum atomic E-state index is -3.53. The summed E-state index contributed by atoms with van der Waals surface area (Å²) in [6.45, 7) is 0. The Morgan fingerprint density at radius 1 is 0.947 bits per heavy atom. The van der Waals surface area contributed by atoms with Crippen molar-refractivity contribution in [3.63, 3.8) is 0 Å². The van der Waals surface area contributed by atoms with Crippen molar-refractivity contribution in [2.45, 2.75) is 4.90 Å². The Hall–Kier alpha value is -1.85. The third-order valence-corrected chi connectivity index (χ3v) is 3.72. The first kappa shape index (κ1) is 13.6. The van der Waals surface area contributed by atoms with Gasteiger partial charge in [-0.3, -0.25) is 0 Å². The van der Waals surface area contributed by atoms with Gasteiger partial charge in [-0.2, -0.15) is 0 Å². The molecule has 0 radical (unpaired) electrons. The molecule has 6 heteroatoms. The smallest absolute Gasteiger partial charge is 0.261 e. The summed E-state index contributed by atoms with van der Waals surface area (Å²) >= 11 is 0. The molecule has 0 bridgehead atoms. The lowest BCUT2D eigenvalue weighted by atomic mass is 10.3. The molecule has 0 spiro atoms. The van der Waals surface area contributed by atoms with Gasteiger partial charge in [-0.05, 0) is 24.3 Å². The fraction of sp³-hybridized carbons (Fsp3) is 0. The summed E-state index contributed by atoms with van der Waals surface area (Å²) in [6, 6.07) is 15.8. The second kappa shape index (κ2) is 5.86. The van der Waals surface area contributed by atoms with E-state index < -0.39 is 9.05 Å². The molecule has 3 rings (SSSR count). The van der Waals surface area contributed by atoms with E-state index in [0.29, 0.717) is 0 Å². The number of halogens is 1. The minimum Gasteiger partial charge on any atom is -0.345 e. The summed E-state index contributed by atoms with van der Waals surface area (Å²) in [6.07, 6.45) is 1.70. The van der Waals surface area contributed by atoms with Gasteiger partial charge < -0.3 is 4.98 Å². The Morgan fingerprint density at radius 2 is 1.58 bits per heavy atom. The van der Waals surface area contributed by atoms with Crippen molar-refractivity contribution in [2.24, 2.45) is 0 Å². The van der Waals surface area contributed by atoms with Gasteiger partial charge >= 0.3 is 0 Å². The molecule has 1 heterocycles. The Bertz CT molecular complexity index is 724. The minimum absolute atomic E-state index is 0.136. The maximum Gasteiger partial charge on any atom is 0.261 e. The molecule has 19 heavy (non-hydrogen) atoms. The van der Waals surface area contributed by atoms with Crippen molar-refractivity contribution in [1.82, 2.24) is 9.97 Å². The number of nitrogens with one attached hydrogen (secondary N) is 1. The summed E-state index contributed by atoms with van der Waals surface area (Å²) in [4.78, 5) is 7.21. The van der Waals surface area contributed by atoms with Crippen LogP contribution in [0.3, 0.4) is 0 Å². The summed E-state index contributed by atoms with van der Waals surface area (Å²) < 4.78 is 21.2. The molecule has 1 aromatic heterocycles. The topological polar surface area (TPSA) is 62.8 Å². The van der Waals surface area contributed by atoms with E-state index in [1.165, 1.54) is 12.1 Å². The van der Waals surface area contributed by atoms with E-state index in [1.54, 1.807) is 24.5 Å². The molecule has 98 valence electrons. The second-order valence-electron chi connectivity index (χ2n) is 3.67. The molecule has 1 N–H and O–H groups in total. The van der Waals surface area contributed by atoms with Gasteiger partial charge in [0, 0.05) is 10.7 Å². The number of aromatic amines is 1. The average Bonchev–Trinajstić information content (AvgIpc) is 2.88. The van der Waals surface area contributed by atoms with Crippen molar-refractivity contribution >= 4 is 30.8 Å². The molecule has 0 aliphatic heterocycles. The van der Waals surface area contributed by atoms with Gasteiger partial charge in [0.05, 0.1) is 22.3 Å². The third kappa shape index (κ3) is 3.81. The fourth-order valence-corrected chi connectivity index (χ4v) is 2.25. The summed E-state index contributed by atoms with van der Waals surface area (Å²) in [5.41, 5.74) is 2.12. The van der Waals surface area contributed by atoms with Gasteiger partial charge in [0.25, 0.3) is 9.05 Å². The molecule has 2 aromatic carbocycles. The first-order chi connectivity index (χ1) is 9.07. The van der Waals surface area contributed by atoms with Gasteiger partial charge in [0.15, 0.2) is 0 Å². The molecular formula is C13H11ClN2O2S. The molecule has 0 aliphatic rings. The molecule has 0 saturated heterocycles. The Balaban J connectivity index is 0.000000141. The van der Waals surface area contributed by atoms with Crippen molar-refractivity contribution in [2.75, 3.05) is 0 Å². The van der Waals surface area contributed by atoms with E-state index in [1.807, 2.05) is 24.3 Å². The number of benzene rings is 2. The summed E-state index contributed by atoms with van der Waals surface area (Å²) in [5.74, 6) is 0. The molecule has 0 aliphatic carbocycles. The number of rotatable bonds is 1. The van der Waals surface area contributed by atoms with Crippen molar-refractivity contribution < 1.29 is 8.42 Å². The second-order valence-corrected chi connectivity index (χ2v) is 6.24. The lowest BCUT2D eigenvalue weighted by Crippen LogP contribution is -1.87. The highest BCUT2D eigenvalue weighted by Gasteiger charge is 2.06. The van der Waals surface area contributed by atoms with Crippen molar-refractivity contribution in [1.29, 1.82) is 0 Å². The standard InChI is InChI=1S/C7H6N2.C6H5ClO2S/c1-2-4-7-6(3-1)8-5-9-7;7-10(8,9)6-4-2-1-3-5-6/h1-5H,(H,8,9);1-5H. The molecular weight excluding hydrogens is 284 g/mol. The molecule has 0 amide bonds. The Kier molecular flexibility index (Phi) is 4.19. The first-order valence-corrected chi connectivity index (χ1v) is 7.76. The van der Waals surface area contributed by atoms with Gasteiger partial charge in [0.1, 0.15) is 0 Å². The van der Waals surface area contributed by atoms with Crippen LogP contribution in [-0.4, -0.2) is 18.4 Å². The lowest BCUT2D eigenvalue weighted by Gasteiger charge is -1.91. The van der Waals surface area contributed by atoms with Gasteiger partial charge in [-0.15, -0.1) is 0 Å². The zero-order chi connectivity index (χ0) is 13.7. The number of para-hydroxylation sites is 2. The zero-order valence-electron chi connectivity index (χ0n) is 9.82. The molecule has 0 atom stereocenters. The molecule has 4 nitrogen and oxygen atoms in total. The van der Waals surface area contributed by atoms with Crippen molar-refractivity contribution in [3.8, 4) is 0 Å². The zero-order valence-corrected chi connectivity index (χ0v) is 11.4. The van der Waals surface area contributed by atoms with Crippen LogP contribution in [0.15, 0.2) is 65.8 Å². The predicted molar refractivity (Wildman–Crippen MR) is 75.6 cm³/mol. The number of H-pyrrole nitrogens is 1. The highest BCUT2D eigenvalue weighted by molar-refractivity contribution is 8.13. The highest BCUT2D eigenvalue weighted by atomic mass is 35.7. The number of imidazole rings is 1. The largest absolute Gasteiger partial charge is 0.345 e. The maximum absolute atomic E-state index is 10.6. The van der Waals surface area contributed by atoms with Crippen LogP contribution < -0.4 is 0 Å². The van der Waals surface area contributed by atoms with Gasteiger partial charge in [-0.25, -0.2) is 13.4 Å². The van der Waals surface area contributed by atoms with Gasteiger partial charge in [0.2, 0.25) is 0 Å². The van der Waals surface area contributed by atoms with Crippen LogP contribution in [0.25, 0.3) is 11.0 Å².